The monoisotopic (exact) mass is 285 g/mol. The molecular weight excluding hydrogens is 266 g/mol. The van der Waals surface area contributed by atoms with Crippen LogP contribution in [0.2, 0.25) is 0 Å². The van der Waals surface area contributed by atoms with Crippen LogP contribution in [0.25, 0.3) is 11.5 Å². The van der Waals surface area contributed by atoms with Gasteiger partial charge >= 0.3 is 0 Å². The Morgan fingerprint density at radius 2 is 2.19 bits per heavy atom. The van der Waals surface area contributed by atoms with Crippen LogP contribution in [0.5, 0.6) is 0 Å². The zero-order chi connectivity index (χ0) is 14.7. The number of benzene rings is 1. The average molecular weight is 285 g/mol. The summed E-state index contributed by atoms with van der Waals surface area (Å²) in [5.41, 5.74) is 1.19. The molecule has 3 rings (SSSR count). The zero-order valence-corrected chi connectivity index (χ0v) is 12.0. The average Bonchev–Trinajstić information content (AvgIpc) is 3.00. The van der Waals surface area contributed by atoms with Gasteiger partial charge in [0.05, 0.1) is 0 Å². The first-order chi connectivity index (χ1) is 10.2. The molecule has 1 aliphatic heterocycles. The van der Waals surface area contributed by atoms with Gasteiger partial charge in [-0.1, -0.05) is 18.2 Å². The molecular formula is C16H19N3O2. The summed E-state index contributed by atoms with van der Waals surface area (Å²) in [6.45, 7) is 3.10. The van der Waals surface area contributed by atoms with E-state index in [1.165, 1.54) is 6.26 Å². The molecule has 1 aromatic carbocycles. The van der Waals surface area contributed by atoms with Gasteiger partial charge in [-0.3, -0.25) is 4.79 Å². The van der Waals surface area contributed by atoms with Gasteiger partial charge in [0, 0.05) is 17.6 Å². The van der Waals surface area contributed by atoms with Crippen LogP contribution in [0.15, 0.2) is 41.0 Å². The SMILES string of the molecule is CC1NCCCC1NC(=O)c1coc(-c2ccccc2)n1. The number of hydrogen-bond acceptors (Lipinski definition) is 4. The van der Waals surface area contributed by atoms with Gasteiger partial charge in [0.15, 0.2) is 5.69 Å². The first-order valence-electron chi connectivity index (χ1n) is 7.29. The number of nitrogens with one attached hydrogen (secondary N) is 2. The van der Waals surface area contributed by atoms with Crippen LogP contribution in [-0.4, -0.2) is 29.5 Å². The van der Waals surface area contributed by atoms with Gasteiger partial charge in [0.25, 0.3) is 5.91 Å². The maximum atomic E-state index is 12.2. The number of hydrogen-bond donors (Lipinski definition) is 2. The quantitative estimate of drug-likeness (QED) is 0.907. The molecule has 0 aliphatic carbocycles. The summed E-state index contributed by atoms with van der Waals surface area (Å²) in [7, 11) is 0. The summed E-state index contributed by atoms with van der Waals surface area (Å²) in [5.74, 6) is 0.289. The smallest absolute Gasteiger partial charge is 0.273 e. The van der Waals surface area contributed by atoms with Gasteiger partial charge in [-0.25, -0.2) is 4.98 Å². The van der Waals surface area contributed by atoms with Crippen LogP contribution in [0.4, 0.5) is 0 Å². The predicted molar refractivity (Wildman–Crippen MR) is 79.9 cm³/mol. The van der Waals surface area contributed by atoms with Crippen molar-refractivity contribution in [1.29, 1.82) is 0 Å². The summed E-state index contributed by atoms with van der Waals surface area (Å²) in [6.07, 6.45) is 3.48. The Bertz CT molecular complexity index is 609. The normalized spacial score (nSPS) is 22.0. The van der Waals surface area contributed by atoms with Crippen molar-refractivity contribution >= 4 is 5.91 Å². The maximum Gasteiger partial charge on any atom is 0.273 e. The summed E-state index contributed by atoms with van der Waals surface area (Å²) >= 11 is 0. The zero-order valence-electron chi connectivity index (χ0n) is 12.0. The highest BCUT2D eigenvalue weighted by Gasteiger charge is 2.24. The predicted octanol–water partition coefficient (Wildman–Crippen LogP) is 2.21. The lowest BCUT2D eigenvalue weighted by atomic mass is 10.00. The lowest BCUT2D eigenvalue weighted by molar-refractivity contribution is 0.0915. The fourth-order valence-corrected chi connectivity index (χ4v) is 2.57. The van der Waals surface area contributed by atoms with Crippen LogP contribution in [0, 0.1) is 0 Å². The van der Waals surface area contributed by atoms with E-state index in [0.717, 1.165) is 24.9 Å². The van der Waals surface area contributed by atoms with Crippen molar-refractivity contribution in [3.63, 3.8) is 0 Å². The van der Waals surface area contributed by atoms with E-state index >= 15 is 0 Å². The number of piperidine rings is 1. The number of amides is 1. The van der Waals surface area contributed by atoms with Crippen LogP contribution in [0.1, 0.15) is 30.3 Å². The molecule has 2 aromatic rings. The van der Waals surface area contributed by atoms with Crippen molar-refractivity contribution in [3.05, 3.63) is 42.3 Å². The number of carbonyl (C=O) groups is 1. The van der Waals surface area contributed by atoms with Crippen molar-refractivity contribution < 1.29 is 9.21 Å². The molecule has 2 atom stereocenters. The molecule has 5 nitrogen and oxygen atoms in total. The van der Waals surface area contributed by atoms with E-state index < -0.39 is 0 Å². The number of aromatic nitrogens is 1. The molecule has 0 bridgehead atoms. The first kappa shape index (κ1) is 13.8. The van der Waals surface area contributed by atoms with E-state index in [2.05, 4.69) is 22.5 Å². The molecule has 1 aliphatic rings. The van der Waals surface area contributed by atoms with Crippen LogP contribution < -0.4 is 10.6 Å². The van der Waals surface area contributed by atoms with E-state index in [0.29, 0.717) is 11.6 Å². The summed E-state index contributed by atoms with van der Waals surface area (Å²) in [4.78, 5) is 16.5. The molecule has 1 amide bonds. The summed E-state index contributed by atoms with van der Waals surface area (Å²) in [5, 5.41) is 6.39. The summed E-state index contributed by atoms with van der Waals surface area (Å²) < 4.78 is 5.40. The second-order valence-corrected chi connectivity index (χ2v) is 5.37. The Kier molecular flexibility index (Phi) is 4.01. The van der Waals surface area contributed by atoms with Gasteiger partial charge in [0.2, 0.25) is 5.89 Å². The molecule has 0 saturated carbocycles. The second kappa shape index (κ2) is 6.10. The van der Waals surface area contributed by atoms with Gasteiger partial charge in [-0.2, -0.15) is 0 Å². The topological polar surface area (TPSA) is 67.2 Å². The lowest BCUT2D eigenvalue weighted by Gasteiger charge is -2.30. The number of nitrogens with zero attached hydrogens (tertiary/aromatic N) is 1. The van der Waals surface area contributed by atoms with E-state index in [1.807, 2.05) is 30.3 Å². The maximum absolute atomic E-state index is 12.2. The highest BCUT2D eigenvalue weighted by molar-refractivity contribution is 5.92. The van der Waals surface area contributed by atoms with Crippen molar-refractivity contribution in [3.8, 4) is 11.5 Å². The van der Waals surface area contributed by atoms with E-state index in [1.54, 1.807) is 0 Å². The van der Waals surface area contributed by atoms with E-state index in [9.17, 15) is 4.79 Å². The molecule has 0 radical (unpaired) electrons. The van der Waals surface area contributed by atoms with Gasteiger partial charge in [-0.15, -0.1) is 0 Å². The first-order valence-corrected chi connectivity index (χ1v) is 7.29. The Morgan fingerprint density at radius 1 is 1.38 bits per heavy atom. The molecule has 2 N–H and O–H groups in total. The Labute approximate surface area is 123 Å². The highest BCUT2D eigenvalue weighted by atomic mass is 16.3. The molecule has 0 spiro atoms. The molecule has 5 heteroatoms. The van der Waals surface area contributed by atoms with Crippen molar-refractivity contribution in [1.82, 2.24) is 15.6 Å². The third-order valence-corrected chi connectivity index (χ3v) is 3.84. The van der Waals surface area contributed by atoms with Crippen molar-refractivity contribution in [2.45, 2.75) is 31.8 Å². The molecule has 1 saturated heterocycles. The second-order valence-electron chi connectivity index (χ2n) is 5.37. The Hall–Kier alpha value is -2.14. The summed E-state index contributed by atoms with van der Waals surface area (Å²) in [6, 6.07) is 9.98. The standard InChI is InChI=1S/C16H19N3O2/c1-11-13(8-5-9-17-11)18-15(20)14-10-21-16(19-14)12-6-3-2-4-7-12/h2-4,6-7,10-11,13,17H,5,8-9H2,1H3,(H,18,20). The fraction of sp³-hybridized carbons (Fsp3) is 0.375. The molecule has 110 valence electrons. The third kappa shape index (κ3) is 3.13. The largest absolute Gasteiger partial charge is 0.444 e. The molecule has 2 heterocycles. The Balaban J connectivity index is 1.69. The minimum absolute atomic E-state index is 0.142. The molecule has 1 aromatic heterocycles. The van der Waals surface area contributed by atoms with Crippen molar-refractivity contribution in [2.75, 3.05) is 6.54 Å². The molecule has 21 heavy (non-hydrogen) atoms. The Morgan fingerprint density at radius 3 is 2.95 bits per heavy atom. The van der Waals surface area contributed by atoms with Gasteiger partial charge in [0.1, 0.15) is 6.26 Å². The lowest BCUT2D eigenvalue weighted by Crippen LogP contribution is -2.51. The minimum Gasteiger partial charge on any atom is -0.444 e. The van der Waals surface area contributed by atoms with Crippen LogP contribution in [0.3, 0.4) is 0 Å². The van der Waals surface area contributed by atoms with Gasteiger partial charge < -0.3 is 15.1 Å². The number of carbonyl (C=O) groups excluding carboxylic acids is 1. The van der Waals surface area contributed by atoms with Crippen LogP contribution in [-0.2, 0) is 0 Å². The molecule has 2 unspecified atom stereocenters. The van der Waals surface area contributed by atoms with E-state index in [-0.39, 0.29) is 18.0 Å². The van der Waals surface area contributed by atoms with Crippen LogP contribution >= 0.6 is 0 Å². The van der Waals surface area contributed by atoms with Crippen molar-refractivity contribution in [2.24, 2.45) is 0 Å². The fourth-order valence-electron chi connectivity index (χ4n) is 2.57. The minimum atomic E-state index is -0.179. The number of oxazole rings is 1. The third-order valence-electron chi connectivity index (χ3n) is 3.84. The highest BCUT2D eigenvalue weighted by Crippen LogP contribution is 2.18. The van der Waals surface area contributed by atoms with E-state index in [4.69, 9.17) is 4.42 Å². The molecule has 1 fully saturated rings. The number of rotatable bonds is 3. The van der Waals surface area contributed by atoms with Gasteiger partial charge in [-0.05, 0) is 38.4 Å².